The summed E-state index contributed by atoms with van der Waals surface area (Å²) in [5.74, 6) is 0.878. The number of amides is 2. The van der Waals surface area contributed by atoms with Gasteiger partial charge in [0.25, 0.3) is 0 Å². The number of nitrogens with one attached hydrogen (secondary N) is 2. The van der Waals surface area contributed by atoms with E-state index < -0.39 is 11.8 Å². The molecular formula is C17H17FN2O2. The first-order chi connectivity index (χ1) is 10.7. The zero-order chi connectivity index (χ0) is 15.4. The molecular weight excluding hydrogens is 283 g/mol. The van der Waals surface area contributed by atoms with Crippen LogP contribution in [0.2, 0.25) is 0 Å². The number of anilines is 1. The molecule has 1 saturated carbocycles. The quantitative estimate of drug-likeness (QED) is 0.871. The summed E-state index contributed by atoms with van der Waals surface area (Å²) in [6.07, 6.45) is 2.28. The van der Waals surface area contributed by atoms with E-state index in [4.69, 9.17) is 4.74 Å². The zero-order valence-electron chi connectivity index (χ0n) is 12.0. The lowest BCUT2D eigenvalue weighted by atomic mass is 10.2. The monoisotopic (exact) mass is 300 g/mol. The Hall–Kier alpha value is -2.56. The van der Waals surface area contributed by atoms with Gasteiger partial charge in [0.15, 0.2) is 11.6 Å². The first-order valence-corrected chi connectivity index (χ1v) is 7.28. The third-order valence-corrected chi connectivity index (χ3v) is 3.43. The van der Waals surface area contributed by atoms with Gasteiger partial charge in [-0.2, -0.15) is 0 Å². The summed E-state index contributed by atoms with van der Waals surface area (Å²) in [7, 11) is 0. The van der Waals surface area contributed by atoms with Crippen molar-refractivity contribution in [2.75, 3.05) is 11.9 Å². The summed E-state index contributed by atoms with van der Waals surface area (Å²) < 4.78 is 19.6. The van der Waals surface area contributed by atoms with Crippen molar-refractivity contribution in [3.63, 3.8) is 0 Å². The molecule has 3 rings (SSSR count). The Morgan fingerprint density at radius 1 is 1.14 bits per heavy atom. The number of benzene rings is 2. The second kappa shape index (κ2) is 6.47. The van der Waals surface area contributed by atoms with Crippen LogP contribution in [-0.2, 0) is 0 Å². The minimum absolute atomic E-state index is 0.0413. The van der Waals surface area contributed by atoms with E-state index in [1.807, 2.05) is 18.2 Å². The minimum Gasteiger partial charge on any atom is -0.455 e. The van der Waals surface area contributed by atoms with Gasteiger partial charge in [-0.1, -0.05) is 24.3 Å². The van der Waals surface area contributed by atoms with Crippen molar-refractivity contribution in [2.24, 2.45) is 5.92 Å². The minimum atomic E-state index is -0.532. The lowest BCUT2D eigenvalue weighted by Crippen LogP contribution is -2.30. The van der Waals surface area contributed by atoms with Gasteiger partial charge in [-0.05, 0) is 43.0 Å². The third kappa shape index (κ3) is 3.75. The first kappa shape index (κ1) is 14.4. The van der Waals surface area contributed by atoms with Gasteiger partial charge in [0.2, 0.25) is 0 Å². The molecule has 2 aromatic rings. The Morgan fingerprint density at radius 3 is 2.64 bits per heavy atom. The molecule has 114 valence electrons. The van der Waals surface area contributed by atoms with E-state index in [-0.39, 0.29) is 11.4 Å². The number of rotatable bonds is 5. The van der Waals surface area contributed by atoms with Crippen LogP contribution in [0.3, 0.4) is 0 Å². The van der Waals surface area contributed by atoms with Gasteiger partial charge in [-0.3, -0.25) is 0 Å². The van der Waals surface area contributed by atoms with Crippen LogP contribution >= 0.6 is 0 Å². The van der Waals surface area contributed by atoms with E-state index in [1.54, 1.807) is 24.3 Å². The molecule has 0 spiro atoms. The lowest BCUT2D eigenvalue weighted by Gasteiger charge is -2.13. The maximum atomic E-state index is 14.0. The van der Waals surface area contributed by atoms with Crippen LogP contribution in [0.4, 0.5) is 14.9 Å². The Labute approximate surface area is 128 Å². The van der Waals surface area contributed by atoms with Crippen LogP contribution in [0, 0.1) is 11.7 Å². The van der Waals surface area contributed by atoms with Crippen LogP contribution in [0.5, 0.6) is 11.5 Å². The van der Waals surface area contributed by atoms with Crippen LogP contribution in [0.25, 0.3) is 0 Å². The van der Waals surface area contributed by atoms with Crippen LogP contribution < -0.4 is 15.4 Å². The van der Waals surface area contributed by atoms with Crippen molar-refractivity contribution in [2.45, 2.75) is 12.8 Å². The van der Waals surface area contributed by atoms with E-state index in [0.29, 0.717) is 18.2 Å². The van der Waals surface area contributed by atoms with Crippen molar-refractivity contribution < 1.29 is 13.9 Å². The van der Waals surface area contributed by atoms with Gasteiger partial charge in [0.05, 0.1) is 0 Å². The van der Waals surface area contributed by atoms with Crippen molar-refractivity contribution in [3.8, 4) is 11.5 Å². The highest BCUT2D eigenvalue weighted by molar-refractivity contribution is 5.91. The molecule has 4 nitrogen and oxygen atoms in total. The van der Waals surface area contributed by atoms with Gasteiger partial charge in [0, 0.05) is 6.54 Å². The second-order valence-electron chi connectivity index (χ2n) is 5.31. The summed E-state index contributed by atoms with van der Waals surface area (Å²) in [5, 5.41) is 5.27. The predicted molar refractivity (Wildman–Crippen MR) is 82.7 cm³/mol. The number of urea groups is 1. The molecule has 1 aliphatic carbocycles. The molecule has 5 heteroatoms. The van der Waals surface area contributed by atoms with Gasteiger partial charge in [-0.25, -0.2) is 9.18 Å². The van der Waals surface area contributed by atoms with Crippen molar-refractivity contribution in [1.82, 2.24) is 5.32 Å². The standard InChI is InChI=1S/C17H17FN2O2/c18-14-7-4-8-15(22-13-5-2-1-3-6-13)16(14)20-17(21)19-11-12-9-10-12/h1-8,12H,9-11H2,(H2,19,20,21). The van der Waals surface area contributed by atoms with E-state index in [9.17, 15) is 9.18 Å². The van der Waals surface area contributed by atoms with Gasteiger partial charge < -0.3 is 15.4 Å². The fourth-order valence-electron chi connectivity index (χ4n) is 2.04. The zero-order valence-corrected chi connectivity index (χ0v) is 12.0. The highest BCUT2D eigenvalue weighted by atomic mass is 19.1. The topological polar surface area (TPSA) is 50.4 Å². The largest absolute Gasteiger partial charge is 0.455 e. The number of ether oxygens (including phenoxy) is 1. The Morgan fingerprint density at radius 2 is 1.91 bits per heavy atom. The lowest BCUT2D eigenvalue weighted by molar-refractivity contribution is 0.251. The molecule has 0 bridgehead atoms. The van der Waals surface area contributed by atoms with E-state index in [1.165, 1.54) is 6.07 Å². The summed E-state index contributed by atoms with van der Waals surface area (Å²) >= 11 is 0. The molecule has 0 aromatic heterocycles. The molecule has 22 heavy (non-hydrogen) atoms. The van der Waals surface area contributed by atoms with Crippen molar-refractivity contribution in [3.05, 3.63) is 54.3 Å². The molecule has 0 saturated heterocycles. The number of hydrogen-bond acceptors (Lipinski definition) is 2. The Kier molecular flexibility index (Phi) is 4.23. The summed E-state index contributed by atoms with van der Waals surface area (Å²) in [4.78, 5) is 11.9. The molecule has 0 heterocycles. The molecule has 0 atom stereocenters. The number of hydrogen-bond donors (Lipinski definition) is 2. The predicted octanol–water partition coefficient (Wildman–Crippen LogP) is 4.15. The van der Waals surface area contributed by atoms with Crippen LogP contribution in [0.1, 0.15) is 12.8 Å². The molecule has 0 aliphatic heterocycles. The maximum Gasteiger partial charge on any atom is 0.319 e. The molecule has 0 radical (unpaired) electrons. The number of para-hydroxylation sites is 2. The third-order valence-electron chi connectivity index (χ3n) is 3.43. The molecule has 2 N–H and O–H groups in total. The van der Waals surface area contributed by atoms with Crippen LogP contribution in [0.15, 0.2) is 48.5 Å². The number of carbonyl (C=O) groups excluding carboxylic acids is 1. The smallest absolute Gasteiger partial charge is 0.319 e. The summed E-state index contributed by atoms with van der Waals surface area (Å²) in [5.41, 5.74) is 0.0413. The van der Waals surface area contributed by atoms with E-state index in [0.717, 1.165) is 12.8 Å². The highest BCUT2D eigenvalue weighted by Crippen LogP contribution is 2.32. The number of halogens is 1. The Bertz CT molecular complexity index is 657. The Balaban J connectivity index is 1.72. The van der Waals surface area contributed by atoms with Gasteiger partial charge >= 0.3 is 6.03 Å². The average Bonchev–Trinajstić information content (AvgIpc) is 3.34. The maximum absolute atomic E-state index is 14.0. The summed E-state index contributed by atoms with van der Waals surface area (Å²) in [6.45, 7) is 0.620. The molecule has 2 aromatic carbocycles. The SMILES string of the molecule is O=C(NCC1CC1)Nc1c(F)cccc1Oc1ccccc1. The van der Waals surface area contributed by atoms with Crippen molar-refractivity contribution in [1.29, 1.82) is 0 Å². The second-order valence-corrected chi connectivity index (χ2v) is 5.31. The first-order valence-electron chi connectivity index (χ1n) is 7.28. The molecule has 0 unspecified atom stereocenters. The normalized spacial score (nSPS) is 13.5. The fourth-order valence-corrected chi connectivity index (χ4v) is 2.04. The summed E-state index contributed by atoms with van der Waals surface area (Å²) in [6, 6.07) is 13.1. The average molecular weight is 300 g/mol. The fraction of sp³-hybridized carbons (Fsp3) is 0.235. The van der Waals surface area contributed by atoms with Crippen molar-refractivity contribution >= 4 is 11.7 Å². The van der Waals surface area contributed by atoms with Crippen LogP contribution in [-0.4, -0.2) is 12.6 Å². The van der Waals surface area contributed by atoms with Gasteiger partial charge in [-0.15, -0.1) is 0 Å². The number of carbonyl (C=O) groups is 1. The van der Waals surface area contributed by atoms with E-state index >= 15 is 0 Å². The highest BCUT2D eigenvalue weighted by Gasteiger charge is 2.22. The molecule has 1 fully saturated rings. The molecule has 2 amide bonds. The van der Waals surface area contributed by atoms with E-state index in [2.05, 4.69) is 10.6 Å². The van der Waals surface area contributed by atoms with Gasteiger partial charge in [0.1, 0.15) is 11.4 Å². The molecule has 1 aliphatic rings.